The summed E-state index contributed by atoms with van der Waals surface area (Å²) in [6.07, 6.45) is 26.0. The number of rotatable bonds is 20. The van der Waals surface area contributed by atoms with Crippen molar-refractivity contribution in [2.75, 3.05) is 0 Å². The minimum atomic E-state index is -0.334. The van der Waals surface area contributed by atoms with E-state index < -0.39 is 0 Å². The van der Waals surface area contributed by atoms with Crippen LogP contribution in [0.2, 0.25) is 0 Å². The molecular formula is C26H48O4. The summed E-state index contributed by atoms with van der Waals surface area (Å²) in [5.74, 6) is -0.669. The molecule has 0 spiro atoms. The van der Waals surface area contributed by atoms with Gasteiger partial charge in [-0.1, -0.05) is 117 Å². The minimum absolute atomic E-state index is 0.334. The van der Waals surface area contributed by atoms with Gasteiger partial charge in [-0.3, -0.25) is 9.59 Å². The van der Waals surface area contributed by atoms with Gasteiger partial charge in [-0.15, -0.1) is 0 Å². The highest BCUT2D eigenvalue weighted by atomic mass is 16.6. The van der Waals surface area contributed by atoms with Crippen LogP contribution in [0.4, 0.5) is 0 Å². The lowest BCUT2D eigenvalue weighted by molar-refractivity contribution is -0.159. The standard InChI is InChI=1S/C24H46O3.C2H2O/c1-3-5-7-9-11-13-15-17-19-21-23(25)27-24(26)22-20-18-16-14-12-10-8-6-4-2;1-2-3-1/h3-22H2,1-2H3;1-2H. The van der Waals surface area contributed by atoms with E-state index in [0.717, 1.165) is 25.7 Å². The van der Waals surface area contributed by atoms with E-state index in [0.29, 0.717) is 12.8 Å². The van der Waals surface area contributed by atoms with Crippen molar-refractivity contribution in [2.24, 2.45) is 0 Å². The molecule has 0 saturated heterocycles. The van der Waals surface area contributed by atoms with Gasteiger partial charge in [0.2, 0.25) is 0 Å². The van der Waals surface area contributed by atoms with E-state index in [9.17, 15) is 9.59 Å². The van der Waals surface area contributed by atoms with Crippen LogP contribution in [0, 0.1) is 0 Å². The lowest BCUT2D eigenvalue weighted by Crippen LogP contribution is -2.11. The summed E-state index contributed by atoms with van der Waals surface area (Å²) in [7, 11) is 0. The monoisotopic (exact) mass is 424 g/mol. The van der Waals surface area contributed by atoms with Crippen molar-refractivity contribution in [3.05, 3.63) is 12.5 Å². The predicted octanol–water partition coefficient (Wildman–Crippen LogP) is 8.39. The van der Waals surface area contributed by atoms with Gasteiger partial charge in [0.15, 0.2) is 0 Å². The molecule has 0 N–H and O–H groups in total. The Hall–Kier alpha value is -1.32. The summed E-state index contributed by atoms with van der Waals surface area (Å²) >= 11 is 0. The van der Waals surface area contributed by atoms with Gasteiger partial charge >= 0.3 is 11.9 Å². The third kappa shape index (κ3) is 26.7. The van der Waals surface area contributed by atoms with Crippen LogP contribution in [-0.4, -0.2) is 11.9 Å². The highest BCUT2D eigenvalue weighted by Gasteiger charge is 2.09. The molecule has 1 rings (SSSR count). The van der Waals surface area contributed by atoms with Crippen molar-refractivity contribution in [2.45, 2.75) is 142 Å². The molecule has 176 valence electrons. The number of carbonyl (C=O) groups is 2. The Morgan fingerprint density at radius 3 is 1.07 bits per heavy atom. The van der Waals surface area contributed by atoms with Crippen LogP contribution in [-0.2, 0) is 19.1 Å². The molecule has 0 aromatic carbocycles. The van der Waals surface area contributed by atoms with Gasteiger partial charge in [0.1, 0.15) is 12.5 Å². The summed E-state index contributed by atoms with van der Waals surface area (Å²) in [4.78, 5) is 23.4. The smallest absolute Gasteiger partial charge is 0.313 e. The highest BCUT2D eigenvalue weighted by molar-refractivity contribution is 5.85. The number of carbonyl (C=O) groups excluding carboxylic acids is 2. The fourth-order valence-corrected chi connectivity index (χ4v) is 3.39. The van der Waals surface area contributed by atoms with E-state index in [-0.39, 0.29) is 11.9 Å². The van der Waals surface area contributed by atoms with Gasteiger partial charge < -0.3 is 9.47 Å². The zero-order chi connectivity index (χ0) is 22.1. The number of hydrogen-bond acceptors (Lipinski definition) is 4. The van der Waals surface area contributed by atoms with Crippen molar-refractivity contribution in [3.63, 3.8) is 0 Å². The molecule has 0 radical (unpaired) electrons. The molecule has 4 heteroatoms. The molecule has 0 aromatic heterocycles. The molecular weight excluding hydrogens is 376 g/mol. The van der Waals surface area contributed by atoms with Crippen molar-refractivity contribution < 1.29 is 19.1 Å². The number of hydrogen-bond donors (Lipinski definition) is 0. The molecule has 0 atom stereocenters. The quantitative estimate of drug-likeness (QED) is 0.112. The lowest BCUT2D eigenvalue weighted by atomic mass is 10.1. The molecule has 0 unspecified atom stereocenters. The average Bonchev–Trinajstić information content (AvgIpc) is 3.61. The van der Waals surface area contributed by atoms with E-state index >= 15 is 0 Å². The molecule has 1 aliphatic heterocycles. The second-order valence-electron chi connectivity index (χ2n) is 8.41. The summed E-state index contributed by atoms with van der Waals surface area (Å²) in [6, 6.07) is 0. The van der Waals surface area contributed by atoms with Gasteiger partial charge in [0, 0.05) is 12.8 Å². The minimum Gasteiger partial charge on any atom is -0.466 e. The molecule has 0 fully saturated rings. The fourth-order valence-electron chi connectivity index (χ4n) is 3.39. The van der Waals surface area contributed by atoms with Crippen molar-refractivity contribution in [1.29, 1.82) is 0 Å². The Balaban J connectivity index is 0.00000255. The Morgan fingerprint density at radius 1 is 0.533 bits per heavy atom. The zero-order valence-electron chi connectivity index (χ0n) is 19.9. The van der Waals surface area contributed by atoms with Crippen molar-refractivity contribution >= 4 is 11.9 Å². The molecule has 1 aliphatic rings. The maximum atomic E-state index is 11.7. The van der Waals surface area contributed by atoms with Crippen molar-refractivity contribution in [1.82, 2.24) is 0 Å². The number of ether oxygens (including phenoxy) is 2. The molecule has 30 heavy (non-hydrogen) atoms. The summed E-state index contributed by atoms with van der Waals surface area (Å²) < 4.78 is 9.17. The van der Waals surface area contributed by atoms with Crippen LogP contribution in [0.15, 0.2) is 12.5 Å². The van der Waals surface area contributed by atoms with Crippen LogP contribution >= 0.6 is 0 Å². The van der Waals surface area contributed by atoms with Crippen LogP contribution in [0.25, 0.3) is 0 Å². The van der Waals surface area contributed by atoms with Gasteiger partial charge in [-0.2, -0.15) is 0 Å². The van der Waals surface area contributed by atoms with E-state index in [4.69, 9.17) is 4.74 Å². The Kier molecular flexibility index (Phi) is 22.9. The fraction of sp³-hybridized carbons (Fsp3) is 0.846. The van der Waals surface area contributed by atoms with Gasteiger partial charge in [-0.25, -0.2) is 0 Å². The maximum absolute atomic E-state index is 11.7. The van der Waals surface area contributed by atoms with Crippen LogP contribution in [0.3, 0.4) is 0 Å². The van der Waals surface area contributed by atoms with Gasteiger partial charge in [-0.05, 0) is 12.8 Å². The van der Waals surface area contributed by atoms with Crippen LogP contribution in [0.1, 0.15) is 142 Å². The summed E-state index contributed by atoms with van der Waals surface area (Å²) in [5, 5.41) is 0. The number of unbranched alkanes of at least 4 members (excludes halogenated alkanes) is 16. The molecule has 0 bridgehead atoms. The molecule has 4 nitrogen and oxygen atoms in total. The molecule has 1 heterocycles. The Bertz CT molecular complexity index is 381. The molecule has 0 amide bonds. The largest absolute Gasteiger partial charge is 0.466 e. The maximum Gasteiger partial charge on any atom is 0.313 e. The first-order chi connectivity index (χ1) is 14.7. The average molecular weight is 425 g/mol. The molecule has 0 aliphatic carbocycles. The summed E-state index contributed by atoms with van der Waals surface area (Å²) in [5.41, 5.74) is 0. The van der Waals surface area contributed by atoms with Crippen LogP contribution in [0.5, 0.6) is 0 Å². The van der Waals surface area contributed by atoms with E-state index in [1.807, 2.05) is 0 Å². The zero-order valence-corrected chi connectivity index (χ0v) is 19.9. The van der Waals surface area contributed by atoms with E-state index in [1.54, 1.807) is 12.5 Å². The second-order valence-corrected chi connectivity index (χ2v) is 8.41. The van der Waals surface area contributed by atoms with Crippen LogP contribution < -0.4 is 0 Å². The SMILES string of the molecule is C1=CO1.CCCCCCCCCCCC(=O)OC(=O)CCCCCCCCCCC. The lowest BCUT2D eigenvalue weighted by Gasteiger charge is -2.04. The second kappa shape index (κ2) is 24.0. The first kappa shape index (κ1) is 28.7. The topological polar surface area (TPSA) is 55.9 Å². The van der Waals surface area contributed by atoms with Gasteiger partial charge in [0.25, 0.3) is 0 Å². The predicted molar refractivity (Wildman–Crippen MR) is 125 cm³/mol. The third-order valence-electron chi connectivity index (χ3n) is 5.33. The first-order valence-corrected chi connectivity index (χ1v) is 12.7. The van der Waals surface area contributed by atoms with Crippen molar-refractivity contribution in [3.8, 4) is 0 Å². The van der Waals surface area contributed by atoms with E-state index in [2.05, 4.69) is 18.6 Å². The van der Waals surface area contributed by atoms with E-state index in [1.165, 1.54) is 89.9 Å². The Morgan fingerprint density at radius 2 is 0.800 bits per heavy atom. The highest BCUT2D eigenvalue weighted by Crippen LogP contribution is 2.12. The normalized spacial score (nSPS) is 11.4. The number of esters is 2. The first-order valence-electron chi connectivity index (χ1n) is 12.7. The Labute approximate surface area is 186 Å². The molecule has 0 aromatic rings. The summed E-state index contributed by atoms with van der Waals surface area (Å²) in [6.45, 7) is 4.47. The van der Waals surface area contributed by atoms with Gasteiger partial charge in [0.05, 0.1) is 0 Å². The third-order valence-corrected chi connectivity index (χ3v) is 5.33. The molecule has 0 saturated carbocycles.